The van der Waals surface area contributed by atoms with Gasteiger partial charge < -0.3 is 0 Å². The van der Waals surface area contributed by atoms with Gasteiger partial charge >= 0.3 is 0 Å². The second kappa shape index (κ2) is 7.89. The second-order valence-corrected chi connectivity index (χ2v) is 3.58. The summed E-state index contributed by atoms with van der Waals surface area (Å²) in [7, 11) is 0. The molecule has 0 aliphatic carbocycles. The highest BCUT2D eigenvalue weighted by Crippen LogP contribution is 2.03. The third-order valence-corrected chi connectivity index (χ3v) is 0.789. The van der Waals surface area contributed by atoms with Crippen LogP contribution in [-0.2, 0) is 9.78 Å². The zero-order valence-electron chi connectivity index (χ0n) is 5.36. The molecule has 1 fully saturated rings. The minimum Gasteiger partial charge on any atom is -0.237 e. The van der Waals surface area contributed by atoms with Crippen LogP contribution in [0.5, 0.6) is 0 Å². The van der Waals surface area contributed by atoms with Crippen molar-refractivity contribution in [2.24, 2.45) is 0 Å². The predicted molar refractivity (Wildman–Crippen MR) is 42.5 cm³/mol. The monoisotopic (exact) mass is 206 g/mol. The maximum atomic E-state index is 4.81. The summed E-state index contributed by atoms with van der Waals surface area (Å²) >= 11 is 14.4. The molecule has 0 unspecified atom stereocenters. The Hall–Kier alpha value is 0.790. The Bertz CT molecular complexity index is 51.6. The normalized spacial score (nSPS) is 18.0. The third kappa shape index (κ3) is 11.6. The van der Waals surface area contributed by atoms with Crippen molar-refractivity contribution < 1.29 is 9.78 Å². The summed E-state index contributed by atoms with van der Waals surface area (Å²) in [6, 6.07) is 0. The van der Waals surface area contributed by atoms with Crippen LogP contribution in [0.25, 0.3) is 0 Å². The van der Waals surface area contributed by atoms with Crippen molar-refractivity contribution >= 4 is 34.8 Å². The molecule has 0 radical (unpaired) electrons. The summed E-state index contributed by atoms with van der Waals surface area (Å²) in [6.07, 6.45) is 2.31. The van der Waals surface area contributed by atoms with E-state index in [-0.39, 0.29) is 0 Å². The van der Waals surface area contributed by atoms with E-state index in [1.807, 2.05) is 0 Å². The highest BCUT2D eigenvalue weighted by atomic mass is 35.6. The molecule has 0 aromatic heterocycles. The molecule has 10 heavy (non-hydrogen) atoms. The molecule has 0 N–H and O–H groups in total. The van der Waals surface area contributed by atoms with Crippen LogP contribution in [0.4, 0.5) is 0 Å². The number of alkyl halides is 3. The molecule has 1 aliphatic heterocycles. The molecule has 0 spiro atoms. The molecular weight excluding hydrogens is 198 g/mol. The van der Waals surface area contributed by atoms with Crippen LogP contribution < -0.4 is 0 Å². The Morgan fingerprint density at radius 1 is 0.900 bits per heavy atom. The second-order valence-electron chi connectivity index (χ2n) is 1.60. The maximum absolute atomic E-state index is 4.81. The van der Waals surface area contributed by atoms with Gasteiger partial charge in [0.25, 0.3) is 0 Å². The maximum Gasteiger partial charge on any atom is 0.180 e. The molecule has 1 saturated heterocycles. The first kappa shape index (κ1) is 10.8. The fraction of sp³-hybridized carbons (Fsp3) is 1.00. The van der Waals surface area contributed by atoms with E-state index in [2.05, 4.69) is 9.78 Å². The highest BCUT2D eigenvalue weighted by molar-refractivity contribution is 6.63. The van der Waals surface area contributed by atoms with E-state index in [0.29, 0.717) is 0 Å². The SMILES string of the molecule is C1CCOOC1.ClC(Cl)Cl. The Kier molecular flexibility index (Phi) is 8.52. The van der Waals surface area contributed by atoms with Gasteiger partial charge in [0.05, 0.1) is 13.2 Å². The van der Waals surface area contributed by atoms with Gasteiger partial charge in [-0.25, -0.2) is 9.78 Å². The average molecular weight is 207 g/mol. The molecule has 0 amide bonds. The van der Waals surface area contributed by atoms with E-state index in [1.165, 1.54) is 0 Å². The van der Waals surface area contributed by atoms with Crippen LogP contribution in [0.15, 0.2) is 0 Å². The first-order chi connectivity index (χ1) is 4.73. The van der Waals surface area contributed by atoms with Crippen LogP contribution in [0.2, 0.25) is 0 Å². The molecule has 5 heteroatoms. The summed E-state index contributed by atoms with van der Waals surface area (Å²) in [5.74, 6) is 0. The predicted octanol–water partition coefficient (Wildman–Crippen LogP) is 2.71. The molecule has 0 aromatic carbocycles. The van der Waals surface area contributed by atoms with Crippen molar-refractivity contribution in [2.75, 3.05) is 13.2 Å². The zero-order valence-corrected chi connectivity index (χ0v) is 7.62. The van der Waals surface area contributed by atoms with Crippen molar-refractivity contribution in [3.05, 3.63) is 0 Å². The lowest BCUT2D eigenvalue weighted by molar-refractivity contribution is -0.312. The van der Waals surface area contributed by atoms with E-state index in [4.69, 9.17) is 34.8 Å². The van der Waals surface area contributed by atoms with Gasteiger partial charge in [-0.3, -0.25) is 0 Å². The molecular formula is C5H9Cl3O2. The molecule has 0 bridgehead atoms. The van der Waals surface area contributed by atoms with Gasteiger partial charge in [-0.05, 0) is 12.8 Å². The summed E-state index contributed by atoms with van der Waals surface area (Å²) in [5, 5.41) is 0. The van der Waals surface area contributed by atoms with E-state index in [1.54, 1.807) is 0 Å². The Labute approximate surface area is 75.3 Å². The smallest absolute Gasteiger partial charge is 0.180 e. The van der Waals surface area contributed by atoms with Gasteiger partial charge in [-0.2, -0.15) is 0 Å². The fourth-order valence-electron chi connectivity index (χ4n) is 0.440. The lowest BCUT2D eigenvalue weighted by Gasteiger charge is -2.07. The van der Waals surface area contributed by atoms with Crippen LogP contribution >= 0.6 is 34.8 Å². The van der Waals surface area contributed by atoms with Crippen molar-refractivity contribution in [1.82, 2.24) is 0 Å². The molecule has 1 rings (SSSR count). The molecule has 0 saturated carbocycles. The van der Waals surface area contributed by atoms with Gasteiger partial charge in [-0.15, -0.1) is 0 Å². The topological polar surface area (TPSA) is 18.5 Å². The number of rotatable bonds is 0. The molecule has 0 atom stereocenters. The van der Waals surface area contributed by atoms with E-state index in [0.717, 1.165) is 26.1 Å². The molecule has 0 aromatic rings. The Morgan fingerprint density at radius 2 is 1.20 bits per heavy atom. The van der Waals surface area contributed by atoms with Gasteiger partial charge in [-0.1, -0.05) is 34.8 Å². The quantitative estimate of drug-likeness (QED) is 0.449. The van der Waals surface area contributed by atoms with Gasteiger partial charge in [0.2, 0.25) is 0 Å². The number of hydrogen-bond donors (Lipinski definition) is 0. The molecule has 2 nitrogen and oxygen atoms in total. The van der Waals surface area contributed by atoms with Crippen molar-refractivity contribution in [3.8, 4) is 0 Å². The minimum atomic E-state index is -0.750. The number of halogens is 3. The largest absolute Gasteiger partial charge is 0.237 e. The minimum absolute atomic E-state index is 0.750. The lowest BCUT2D eigenvalue weighted by Crippen LogP contribution is -2.05. The van der Waals surface area contributed by atoms with Gasteiger partial charge in [0.15, 0.2) is 4.30 Å². The van der Waals surface area contributed by atoms with E-state index < -0.39 is 4.30 Å². The lowest BCUT2D eigenvalue weighted by atomic mass is 10.3. The zero-order chi connectivity index (χ0) is 7.82. The van der Waals surface area contributed by atoms with Crippen molar-refractivity contribution in [2.45, 2.75) is 17.1 Å². The summed E-state index contributed by atoms with van der Waals surface area (Å²) in [4.78, 5) is 9.14. The summed E-state index contributed by atoms with van der Waals surface area (Å²) in [5.41, 5.74) is 0. The average Bonchev–Trinajstić information content (AvgIpc) is 1.90. The Morgan fingerprint density at radius 3 is 1.30 bits per heavy atom. The van der Waals surface area contributed by atoms with Crippen LogP contribution in [0.3, 0.4) is 0 Å². The molecule has 62 valence electrons. The van der Waals surface area contributed by atoms with Crippen LogP contribution in [0.1, 0.15) is 12.8 Å². The molecule has 1 aliphatic rings. The number of hydrogen-bond acceptors (Lipinski definition) is 2. The van der Waals surface area contributed by atoms with Crippen molar-refractivity contribution in [3.63, 3.8) is 0 Å². The third-order valence-electron chi connectivity index (χ3n) is 0.789. The first-order valence-electron chi connectivity index (χ1n) is 2.90. The van der Waals surface area contributed by atoms with Crippen LogP contribution in [-0.4, -0.2) is 17.5 Å². The first-order valence-corrected chi connectivity index (χ1v) is 4.21. The Balaban J connectivity index is 0.000000180. The standard InChI is InChI=1S/C4H8O2.CHCl3/c1-2-4-6-5-3-1;2-1(3)4/h1-4H2;1H. The fourth-order valence-corrected chi connectivity index (χ4v) is 0.440. The molecule has 1 heterocycles. The van der Waals surface area contributed by atoms with Crippen molar-refractivity contribution in [1.29, 1.82) is 0 Å². The highest BCUT2D eigenvalue weighted by Gasteiger charge is 1.95. The van der Waals surface area contributed by atoms with Gasteiger partial charge in [0.1, 0.15) is 0 Å². The van der Waals surface area contributed by atoms with Gasteiger partial charge in [0, 0.05) is 0 Å². The van der Waals surface area contributed by atoms with E-state index >= 15 is 0 Å². The van der Waals surface area contributed by atoms with Crippen LogP contribution in [0, 0.1) is 0 Å². The summed E-state index contributed by atoms with van der Waals surface area (Å²) < 4.78 is -0.750. The van der Waals surface area contributed by atoms with E-state index in [9.17, 15) is 0 Å². The summed E-state index contributed by atoms with van der Waals surface area (Å²) in [6.45, 7) is 1.56.